The van der Waals surface area contributed by atoms with Crippen LogP contribution in [0, 0.1) is 5.41 Å². The van der Waals surface area contributed by atoms with Crippen LogP contribution in [-0.4, -0.2) is 41.9 Å². The van der Waals surface area contributed by atoms with E-state index in [0.29, 0.717) is 0 Å². The molecule has 1 saturated heterocycles. The molecule has 0 aliphatic carbocycles. The van der Waals surface area contributed by atoms with Crippen LogP contribution in [0.4, 0.5) is 0 Å². The Labute approximate surface area is 157 Å². The fraction of sp³-hybridized carbons (Fsp3) is 0.435. The van der Waals surface area contributed by atoms with E-state index in [9.17, 15) is 4.79 Å². The lowest BCUT2D eigenvalue weighted by molar-refractivity contribution is 0.0628. The van der Waals surface area contributed by atoms with Crippen LogP contribution in [0.15, 0.2) is 54.6 Å². The van der Waals surface area contributed by atoms with Crippen LogP contribution >= 0.6 is 0 Å². The Morgan fingerprint density at radius 3 is 2.04 bits per heavy atom. The highest BCUT2D eigenvalue weighted by Crippen LogP contribution is 2.21. The van der Waals surface area contributed by atoms with Gasteiger partial charge in [-0.3, -0.25) is 9.69 Å². The molecule has 3 nitrogen and oxygen atoms in total. The number of benzene rings is 2. The molecule has 0 unspecified atom stereocenters. The van der Waals surface area contributed by atoms with Crippen LogP contribution < -0.4 is 0 Å². The van der Waals surface area contributed by atoms with Crippen molar-refractivity contribution in [3.8, 4) is 0 Å². The first kappa shape index (κ1) is 18.7. The standard InChI is InChI=1S/C23H30N2O/c1-23(2,3)17-19-9-11-21(12-10-19)22(26)25-15-13-24(14-16-25)18-20-7-5-4-6-8-20/h4-12H,13-18H2,1-3H3. The lowest BCUT2D eigenvalue weighted by Crippen LogP contribution is -2.48. The highest BCUT2D eigenvalue weighted by Gasteiger charge is 2.22. The van der Waals surface area contributed by atoms with Crippen LogP contribution in [0.2, 0.25) is 0 Å². The molecule has 0 radical (unpaired) electrons. The minimum Gasteiger partial charge on any atom is -0.336 e. The average Bonchev–Trinajstić information content (AvgIpc) is 2.62. The highest BCUT2D eigenvalue weighted by molar-refractivity contribution is 5.94. The van der Waals surface area contributed by atoms with Gasteiger partial charge in [0.2, 0.25) is 0 Å². The first-order chi connectivity index (χ1) is 12.4. The smallest absolute Gasteiger partial charge is 0.253 e. The Hall–Kier alpha value is -2.13. The summed E-state index contributed by atoms with van der Waals surface area (Å²) in [4.78, 5) is 17.2. The first-order valence-electron chi connectivity index (χ1n) is 9.55. The summed E-state index contributed by atoms with van der Waals surface area (Å²) in [6, 6.07) is 18.7. The van der Waals surface area contributed by atoms with Crippen LogP contribution in [0.3, 0.4) is 0 Å². The second-order valence-electron chi connectivity index (χ2n) is 8.49. The van der Waals surface area contributed by atoms with E-state index in [1.54, 1.807) is 0 Å². The van der Waals surface area contributed by atoms with E-state index >= 15 is 0 Å². The zero-order chi connectivity index (χ0) is 18.6. The molecule has 26 heavy (non-hydrogen) atoms. The third-order valence-corrected chi connectivity index (χ3v) is 4.84. The van der Waals surface area contributed by atoms with Gasteiger partial charge in [0, 0.05) is 38.3 Å². The summed E-state index contributed by atoms with van der Waals surface area (Å²) in [5.74, 6) is 0.159. The van der Waals surface area contributed by atoms with Gasteiger partial charge in [-0.1, -0.05) is 63.2 Å². The van der Waals surface area contributed by atoms with Gasteiger partial charge in [-0.05, 0) is 35.1 Å². The number of carbonyl (C=O) groups is 1. The van der Waals surface area contributed by atoms with Gasteiger partial charge >= 0.3 is 0 Å². The molecule has 0 atom stereocenters. The van der Waals surface area contributed by atoms with Crippen molar-refractivity contribution in [1.29, 1.82) is 0 Å². The molecule has 2 aromatic rings. The van der Waals surface area contributed by atoms with Crippen molar-refractivity contribution in [2.75, 3.05) is 26.2 Å². The quantitative estimate of drug-likeness (QED) is 0.824. The molecule has 138 valence electrons. The second kappa shape index (κ2) is 8.05. The molecule has 0 aromatic heterocycles. The lowest BCUT2D eigenvalue weighted by atomic mass is 9.88. The van der Waals surface area contributed by atoms with Crippen molar-refractivity contribution >= 4 is 5.91 Å². The minimum atomic E-state index is 0.159. The van der Waals surface area contributed by atoms with Gasteiger partial charge in [0.25, 0.3) is 5.91 Å². The van der Waals surface area contributed by atoms with Gasteiger partial charge in [-0.2, -0.15) is 0 Å². The zero-order valence-electron chi connectivity index (χ0n) is 16.2. The van der Waals surface area contributed by atoms with E-state index in [0.717, 1.165) is 44.7 Å². The fourth-order valence-corrected chi connectivity index (χ4v) is 3.51. The monoisotopic (exact) mass is 350 g/mol. The summed E-state index contributed by atoms with van der Waals surface area (Å²) >= 11 is 0. The van der Waals surface area contributed by atoms with Crippen molar-refractivity contribution < 1.29 is 4.79 Å². The van der Waals surface area contributed by atoms with Crippen molar-refractivity contribution in [3.63, 3.8) is 0 Å². The van der Waals surface area contributed by atoms with Gasteiger partial charge in [-0.15, -0.1) is 0 Å². The number of rotatable bonds is 4. The molecular formula is C23H30N2O. The Balaban J connectivity index is 1.53. The normalized spacial score (nSPS) is 15.9. The molecule has 1 aliphatic heterocycles. The van der Waals surface area contributed by atoms with Crippen molar-refractivity contribution in [2.24, 2.45) is 5.41 Å². The van der Waals surface area contributed by atoms with Crippen LogP contribution in [-0.2, 0) is 13.0 Å². The number of hydrogen-bond acceptors (Lipinski definition) is 2. The molecule has 0 N–H and O–H groups in total. The van der Waals surface area contributed by atoms with Crippen LogP contribution in [0.5, 0.6) is 0 Å². The Kier molecular flexibility index (Phi) is 5.77. The topological polar surface area (TPSA) is 23.6 Å². The second-order valence-corrected chi connectivity index (χ2v) is 8.49. The SMILES string of the molecule is CC(C)(C)Cc1ccc(C(=O)N2CCN(Cc3ccccc3)CC2)cc1. The number of nitrogens with zero attached hydrogens (tertiary/aromatic N) is 2. The third kappa shape index (κ3) is 5.18. The van der Waals surface area contributed by atoms with Crippen molar-refractivity contribution in [3.05, 3.63) is 71.3 Å². The molecule has 0 spiro atoms. The molecule has 1 fully saturated rings. The van der Waals surface area contributed by atoms with Gasteiger partial charge in [0.05, 0.1) is 0 Å². The van der Waals surface area contributed by atoms with Gasteiger partial charge in [-0.25, -0.2) is 0 Å². The Morgan fingerprint density at radius 1 is 0.846 bits per heavy atom. The van der Waals surface area contributed by atoms with E-state index < -0.39 is 0 Å². The molecule has 0 saturated carbocycles. The van der Waals surface area contributed by atoms with Gasteiger partial charge < -0.3 is 4.90 Å². The molecule has 1 heterocycles. The van der Waals surface area contributed by atoms with E-state index in [1.807, 2.05) is 23.1 Å². The van der Waals surface area contributed by atoms with Crippen LogP contribution in [0.25, 0.3) is 0 Å². The average molecular weight is 351 g/mol. The Bertz CT molecular complexity index is 708. The minimum absolute atomic E-state index is 0.159. The number of piperazine rings is 1. The summed E-state index contributed by atoms with van der Waals surface area (Å²) in [5.41, 5.74) is 3.70. The van der Waals surface area contributed by atoms with Gasteiger partial charge in [0.1, 0.15) is 0 Å². The molecule has 1 aliphatic rings. The lowest BCUT2D eigenvalue weighted by Gasteiger charge is -2.34. The number of amides is 1. The fourth-order valence-electron chi connectivity index (χ4n) is 3.51. The van der Waals surface area contributed by atoms with Gasteiger partial charge in [0.15, 0.2) is 0 Å². The predicted octanol–water partition coefficient (Wildman–Crippen LogP) is 4.23. The first-order valence-corrected chi connectivity index (χ1v) is 9.55. The van der Waals surface area contributed by atoms with E-state index in [2.05, 4.69) is 62.1 Å². The van der Waals surface area contributed by atoms with Crippen LogP contribution in [0.1, 0.15) is 42.3 Å². The third-order valence-electron chi connectivity index (χ3n) is 4.84. The van der Waals surface area contributed by atoms with Crippen molar-refractivity contribution in [1.82, 2.24) is 9.80 Å². The summed E-state index contributed by atoms with van der Waals surface area (Å²) < 4.78 is 0. The molecule has 3 rings (SSSR count). The molecular weight excluding hydrogens is 320 g/mol. The summed E-state index contributed by atoms with van der Waals surface area (Å²) in [6.45, 7) is 11.1. The maximum Gasteiger partial charge on any atom is 0.253 e. The highest BCUT2D eigenvalue weighted by atomic mass is 16.2. The maximum absolute atomic E-state index is 12.8. The Morgan fingerprint density at radius 2 is 1.46 bits per heavy atom. The molecule has 2 aromatic carbocycles. The molecule has 0 bridgehead atoms. The van der Waals surface area contributed by atoms with E-state index in [4.69, 9.17) is 0 Å². The molecule has 1 amide bonds. The van der Waals surface area contributed by atoms with E-state index in [-0.39, 0.29) is 11.3 Å². The van der Waals surface area contributed by atoms with Crippen molar-refractivity contribution in [2.45, 2.75) is 33.7 Å². The molecule has 3 heteroatoms. The van der Waals surface area contributed by atoms with E-state index in [1.165, 1.54) is 11.1 Å². The summed E-state index contributed by atoms with van der Waals surface area (Å²) in [5, 5.41) is 0. The number of hydrogen-bond donors (Lipinski definition) is 0. The summed E-state index contributed by atoms with van der Waals surface area (Å²) in [7, 11) is 0. The maximum atomic E-state index is 12.8. The predicted molar refractivity (Wildman–Crippen MR) is 107 cm³/mol. The zero-order valence-corrected chi connectivity index (χ0v) is 16.2. The summed E-state index contributed by atoms with van der Waals surface area (Å²) in [6.07, 6.45) is 1.03. The number of carbonyl (C=O) groups excluding carboxylic acids is 1. The largest absolute Gasteiger partial charge is 0.336 e.